The molecule has 4 rings (SSSR count). The van der Waals surface area contributed by atoms with Crippen molar-refractivity contribution < 1.29 is 28.8 Å². The van der Waals surface area contributed by atoms with Gasteiger partial charge >= 0.3 is 11.0 Å². The van der Waals surface area contributed by atoms with Crippen molar-refractivity contribution in [2.45, 2.75) is 13.5 Å². The topological polar surface area (TPSA) is 136 Å². The number of carbonyl (C=O) groups is 4. The number of amides is 3. The second kappa shape index (κ2) is 9.99. The predicted octanol–water partition coefficient (Wildman–Crippen LogP) is 4.34. The highest BCUT2D eigenvalue weighted by molar-refractivity contribution is 7.17. The second-order valence-electron chi connectivity index (χ2n) is 7.17. The molecule has 0 fully saturated rings. The number of nitrogens with one attached hydrogen (secondary N) is 1. The predicted molar refractivity (Wildman–Crippen MR) is 130 cm³/mol. The molecule has 0 bridgehead atoms. The quantitative estimate of drug-likeness (QED) is 0.156. The fraction of sp³-hybridized carbons (Fsp3) is 0.130. The van der Waals surface area contributed by atoms with Crippen molar-refractivity contribution in [3.63, 3.8) is 0 Å². The Labute approximate surface area is 206 Å². The molecule has 0 atom stereocenters. The Morgan fingerprint density at radius 3 is 2.40 bits per heavy atom. The minimum Gasteiger partial charge on any atom is -0.462 e. The number of rotatable bonds is 8. The monoisotopic (exact) mass is 511 g/mol. The minimum absolute atomic E-state index is 0.0503. The molecule has 1 aliphatic heterocycles. The zero-order valence-corrected chi connectivity index (χ0v) is 19.8. The number of thiophene rings is 2. The van der Waals surface area contributed by atoms with E-state index in [-0.39, 0.29) is 28.7 Å². The van der Waals surface area contributed by atoms with Gasteiger partial charge in [0.1, 0.15) is 5.00 Å². The molecule has 0 spiro atoms. The number of carbonyl (C=O) groups excluding carboxylic acids is 4. The first-order chi connectivity index (χ1) is 16.8. The van der Waals surface area contributed by atoms with E-state index in [0.717, 1.165) is 27.6 Å². The zero-order valence-electron chi connectivity index (χ0n) is 18.2. The summed E-state index contributed by atoms with van der Waals surface area (Å²) >= 11 is 1.96. The highest BCUT2D eigenvalue weighted by Crippen LogP contribution is 2.32. The van der Waals surface area contributed by atoms with Gasteiger partial charge in [-0.15, -0.1) is 11.3 Å². The number of hydrogen-bond acceptors (Lipinski definition) is 9. The Balaban J connectivity index is 1.53. The highest BCUT2D eigenvalue weighted by Gasteiger charge is 2.35. The molecule has 12 heteroatoms. The van der Waals surface area contributed by atoms with Gasteiger partial charge in [0, 0.05) is 21.9 Å². The molecule has 0 saturated heterocycles. The van der Waals surface area contributed by atoms with E-state index in [4.69, 9.17) is 4.74 Å². The van der Waals surface area contributed by atoms with Crippen LogP contribution in [0.25, 0.3) is 6.08 Å². The number of ether oxygens (including phenoxy) is 1. The molecule has 1 aromatic carbocycles. The lowest BCUT2D eigenvalue weighted by Gasteiger charge is -2.12. The zero-order chi connectivity index (χ0) is 25.1. The Morgan fingerprint density at radius 2 is 1.80 bits per heavy atom. The molecule has 2 aromatic heterocycles. The van der Waals surface area contributed by atoms with Crippen LogP contribution in [0.4, 0.5) is 10.0 Å². The summed E-state index contributed by atoms with van der Waals surface area (Å²) in [6, 6.07) is 10.8. The summed E-state index contributed by atoms with van der Waals surface area (Å²) in [6.45, 7) is 1.69. The minimum atomic E-state index is -0.662. The van der Waals surface area contributed by atoms with Crippen LogP contribution in [0.3, 0.4) is 0 Å². The van der Waals surface area contributed by atoms with Crippen molar-refractivity contribution in [2.75, 3.05) is 11.9 Å². The van der Waals surface area contributed by atoms with Crippen LogP contribution in [0.2, 0.25) is 0 Å². The third kappa shape index (κ3) is 5.03. The molecule has 3 aromatic rings. The van der Waals surface area contributed by atoms with Crippen LogP contribution < -0.4 is 5.32 Å². The number of nitrogens with zero attached hydrogens (tertiary/aromatic N) is 2. The van der Waals surface area contributed by atoms with Crippen molar-refractivity contribution in [1.29, 1.82) is 0 Å². The first-order valence-electron chi connectivity index (χ1n) is 10.3. The van der Waals surface area contributed by atoms with Crippen LogP contribution in [-0.2, 0) is 16.1 Å². The van der Waals surface area contributed by atoms with Crippen molar-refractivity contribution in [1.82, 2.24) is 4.90 Å². The van der Waals surface area contributed by atoms with E-state index in [0.29, 0.717) is 20.9 Å². The average molecular weight is 512 g/mol. The van der Waals surface area contributed by atoms with Crippen molar-refractivity contribution >= 4 is 62.4 Å². The van der Waals surface area contributed by atoms with Gasteiger partial charge in [0.15, 0.2) is 0 Å². The molecular weight excluding hydrogens is 494 g/mol. The molecule has 1 N–H and O–H groups in total. The molecule has 0 saturated carbocycles. The first-order valence-corrected chi connectivity index (χ1v) is 11.9. The maximum atomic E-state index is 12.7. The number of esters is 1. The van der Waals surface area contributed by atoms with E-state index in [1.54, 1.807) is 31.2 Å². The van der Waals surface area contributed by atoms with Crippen LogP contribution in [0.1, 0.15) is 47.8 Å². The fourth-order valence-corrected chi connectivity index (χ4v) is 5.11. The van der Waals surface area contributed by atoms with E-state index in [1.807, 2.05) is 0 Å². The van der Waals surface area contributed by atoms with Gasteiger partial charge in [0.25, 0.3) is 11.8 Å². The van der Waals surface area contributed by atoms with Gasteiger partial charge in [-0.3, -0.25) is 29.4 Å². The van der Waals surface area contributed by atoms with Gasteiger partial charge in [-0.2, -0.15) is 0 Å². The Hall–Kier alpha value is -4.16. The van der Waals surface area contributed by atoms with Crippen LogP contribution in [0, 0.1) is 10.1 Å². The number of benzene rings is 1. The lowest BCUT2D eigenvalue weighted by molar-refractivity contribution is -0.380. The molecule has 10 nitrogen and oxygen atoms in total. The lowest BCUT2D eigenvalue weighted by atomic mass is 10.1. The largest absolute Gasteiger partial charge is 0.462 e. The number of imide groups is 1. The second-order valence-corrected chi connectivity index (χ2v) is 9.40. The Morgan fingerprint density at radius 1 is 1.11 bits per heavy atom. The summed E-state index contributed by atoms with van der Waals surface area (Å²) in [4.78, 5) is 62.7. The lowest BCUT2D eigenvalue weighted by Crippen LogP contribution is -2.28. The van der Waals surface area contributed by atoms with Gasteiger partial charge in [-0.25, -0.2) is 4.79 Å². The molecule has 0 radical (unpaired) electrons. The maximum Gasteiger partial charge on any atom is 0.341 e. The number of nitro groups is 1. The summed E-state index contributed by atoms with van der Waals surface area (Å²) in [5, 5.41) is 13.6. The molecule has 3 heterocycles. The summed E-state index contributed by atoms with van der Waals surface area (Å²) in [6.07, 6.45) is 2.61. The third-order valence-electron chi connectivity index (χ3n) is 4.90. The van der Waals surface area contributed by atoms with Crippen molar-refractivity contribution in [2.24, 2.45) is 0 Å². The van der Waals surface area contributed by atoms with Gasteiger partial charge < -0.3 is 10.1 Å². The summed E-state index contributed by atoms with van der Waals surface area (Å²) in [5.41, 5.74) is 0.719. The number of hydrogen-bond donors (Lipinski definition) is 1. The van der Waals surface area contributed by atoms with E-state index in [1.165, 1.54) is 30.4 Å². The molecular formula is C23H17N3O7S2. The number of anilines is 1. The summed E-state index contributed by atoms with van der Waals surface area (Å²) in [5.74, 6) is -2.10. The fourth-order valence-electron chi connectivity index (χ4n) is 3.35. The molecule has 178 valence electrons. The highest BCUT2D eigenvalue weighted by atomic mass is 32.1. The molecule has 0 aliphatic carbocycles. The van der Waals surface area contributed by atoms with Gasteiger partial charge in [-0.05, 0) is 37.3 Å². The smallest absolute Gasteiger partial charge is 0.341 e. The van der Waals surface area contributed by atoms with Gasteiger partial charge in [0.05, 0.1) is 34.8 Å². The summed E-state index contributed by atoms with van der Waals surface area (Å²) in [7, 11) is 0. The van der Waals surface area contributed by atoms with E-state index >= 15 is 0 Å². The van der Waals surface area contributed by atoms with Crippen LogP contribution in [0.5, 0.6) is 0 Å². The third-order valence-corrected chi connectivity index (χ3v) is 6.94. The van der Waals surface area contributed by atoms with Crippen LogP contribution in [-0.4, -0.2) is 40.1 Å². The normalized spacial score (nSPS) is 12.8. The van der Waals surface area contributed by atoms with E-state index in [2.05, 4.69) is 5.32 Å². The Kier molecular flexibility index (Phi) is 6.85. The SMILES string of the molecule is CCOC(=O)c1cc(CN2C(=O)c3ccccc3C2=O)sc1NC(=O)/C=C/c1ccc([N+](=O)[O-])s1. The van der Waals surface area contributed by atoms with Crippen LogP contribution in [0.15, 0.2) is 48.5 Å². The number of fused-ring (bicyclic) bond motifs is 1. The maximum absolute atomic E-state index is 12.7. The van der Waals surface area contributed by atoms with Crippen molar-refractivity contribution in [3.05, 3.63) is 85.1 Å². The molecule has 1 aliphatic rings. The van der Waals surface area contributed by atoms with Gasteiger partial charge in [0.2, 0.25) is 5.91 Å². The van der Waals surface area contributed by atoms with Gasteiger partial charge in [-0.1, -0.05) is 23.5 Å². The Bertz CT molecular complexity index is 1350. The van der Waals surface area contributed by atoms with Crippen molar-refractivity contribution in [3.8, 4) is 0 Å². The van der Waals surface area contributed by atoms with E-state index < -0.39 is 28.6 Å². The molecule has 3 amide bonds. The molecule has 35 heavy (non-hydrogen) atoms. The average Bonchev–Trinajstić information content (AvgIpc) is 3.53. The molecule has 0 unspecified atom stereocenters. The summed E-state index contributed by atoms with van der Waals surface area (Å²) < 4.78 is 5.07. The standard InChI is InChI=1S/C23H17N3O7S2/c1-2-33-23(30)17-11-14(12-25-21(28)15-5-3-4-6-16(15)22(25)29)35-20(17)24-18(27)9-7-13-8-10-19(34-13)26(31)32/h3-11H,2,12H2,1H3,(H,24,27)/b9-7+. The van der Waals surface area contributed by atoms with Crippen LogP contribution >= 0.6 is 22.7 Å². The van der Waals surface area contributed by atoms with E-state index in [9.17, 15) is 29.3 Å². The first kappa shape index (κ1) is 24.0.